The van der Waals surface area contributed by atoms with E-state index in [0.29, 0.717) is 29.8 Å². The normalized spacial score (nSPS) is 19.8. The first-order valence-electron chi connectivity index (χ1n) is 11.0. The summed E-state index contributed by atoms with van der Waals surface area (Å²) in [5.74, 6) is -0.0905. The minimum absolute atomic E-state index is 0.00580. The molecule has 0 radical (unpaired) electrons. The van der Waals surface area contributed by atoms with Gasteiger partial charge in [-0.2, -0.15) is 0 Å². The van der Waals surface area contributed by atoms with Crippen molar-refractivity contribution in [2.45, 2.75) is 57.4 Å². The van der Waals surface area contributed by atoms with E-state index in [9.17, 15) is 9.59 Å². The molecule has 8 heteroatoms. The van der Waals surface area contributed by atoms with Crippen molar-refractivity contribution in [1.29, 1.82) is 0 Å². The van der Waals surface area contributed by atoms with E-state index >= 15 is 0 Å². The van der Waals surface area contributed by atoms with Crippen molar-refractivity contribution in [1.82, 2.24) is 15.1 Å². The van der Waals surface area contributed by atoms with E-state index in [1.54, 1.807) is 7.11 Å². The highest BCUT2D eigenvalue weighted by Gasteiger charge is 2.55. The SMILES string of the molecule is COCCN1C(=O)c2ccccc2C(C(=O)Nc2nnc(CC(C)C)s2)C12CCCC2. The average Bonchev–Trinajstić information content (AvgIpc) is 3.38. The first-order valence-corrected chi connectivity index (χ1v) is 11.8. The zero-order valence-electron chi connectivity index (χ0n) is 18.4. The third-order valence-electron chi connectivity index (χ3n) is 6.35. The lowest BCUT2D eigenvalue weighted by Crippen LogP contribution is -2.60. The fourth-order valence-corrected chi connectivity index (χ4v) is 6.04. The summed E-state index contributed by atoms with van der Waals surface area (Å²) in [4.78, 5) is 29.0. The van der Waals surface area contributed by atoms with Gasteiger partial charge in [0.05, 0.1) is 18.1 Å². The number of ether oxygens (including phenoxy) is 1. The van der Waals surface area contributed by atoms with Crippen LogP contribution in [0.1, 0.15) is 66.4 Å². The van der Waals surface area contributed by atoms with E-state index < -0.39 is 11.5 Å². The molecule has 0 saturated heterocycles. The number of aromatic nitrogens is 2. The largest absolute Gasteiger partial charge is 0.383 e. The van der Waals surface area contributed by atoms with Crippen LogP contribution >= 0.6 is 11.3 Å². The number of methoxy groups -OCH3 is 1. The summed E-state index contributed by atoms with van der Waals surface area (Å²) in [5.41, 5.74) is 0.890. The van der Waals surface area contributed by atoms with Crippen molar-refractivity contribution in [2.75, 3.05) is 25.6 Å². The molecule has 2 aromatic rings. The van der Waals surface area contributed by atoms with E-state index in [1.165, 1.54) is 11.3 Å². The molecule has 7 nitrogen and oxygen atoms in total. The predicted molar refractivity (Wildman–Crippen MR) is 120 cm³/mol. The van der Waals surface area contributed by atoms with Crippen LogP contribution in [0.5, 0.6) is 0 Å². The molecule has 2 aliphatic rings. The molecule has 1 atom stereocenters. The van der Waals surface area contributed by atoms with Crippen LogP contribution in [-0.4, -0.2) is 52.7 Å². The van der Waals surface area contributed by atoms with Gasteiger partial charge in [0, 0.05) is 25.6 Å². The van der Waals surface area contributed by atoms with Crippen LogP contribution in [0.25, 0.3) is 0 Å². The van der Waals surface area contributed by atoms with Crippen molar-refractivity contribution in [3.8, 4) is 0 Å². The van der Waals surface area contributed by atoms with Gasteiger partial charge in [-0.25, -0.2) is 0 Å². The number of nitrogens with zero attached hydrogens (tertiary/aromatic N) is 3. The van der Waals surface area contributed by atoms with Gasteiger partial charge in [0.15, 0.2) is 0 Å². The number of anilines is 1. The van der Waals surface area contributed by atoms with Gasteiger partial charge in [0.2, 0.25) is 11.0 Å². The van der Waals surface area contributed by atoms with Crippen LogP contribution in [0.15, 0.2) is 24.3 Å². The van der Waals surface area contributed by atoms with Crippen molar-refractivity contribution >= 4 is 28.3 Å². The van der Waals surface area contributed by atoms with Crippen LogP contribution in [0.4, 0.5) is 5.13 Å². The zero-order valence-corrected chi connectivity index (χ0v) is 19.2. The molecule has 1 spiro atoms. The summed E-state index contributed by atoms with van der Waals surface area (Å²) in [6, 6.07) is 7.52. The van der Waals surface area contributed by atoms with Crippen LogP contribution in [0.2, 0.25) is 0 Å². The highest BCUT2D eigenvalue weighted by molar-refractivity contribution is 7.15. The lowest BCUT2D eigenvalue weighted by molar-refractivity contribution is -0.121. The molecule has 0 bridgehead atoms. The van der Waals surface area contributed by atoms with Gasteiger partial charge in [0.1, 0.15) is 5.01 Å². The number of benzene rings is 1. The summed E-state index contributed by atoms with van der Waals surface area (Å²) >= 11 is 1.43. The Morgan fingerprint density at radius 1 is 1.29 bits per heavy atom. The molecule has 2 heterocycles. The Morgan fingerprint density at radius 2 is 2.03 bits per heavy atom. The molecule has 1 unspecified atom stereocenters. The van der Waals surface area contributed by atoms with E-state index in [0.717, 1.165) is 42.7 Å². The van der Waals surface area contributed by atoms with Crippen molar-refractivity contribution < 1.29 is 14.3 Å². The Morgan fingerprint density at radius 3 is 2.74 bits per heavy atom. The predicted octanol–water partition coefficient (Wildman–Crippen LogP) is 3.87. The number of carbonyl (C=O) groups is 2. The number of hydrogen-bond acceptors (Lipinski definition) is 6. The molecule has 2 amide bonds. The molecule has 31 heavy (non-hydrogen) atoms. The molecule has 1 fully saturated rings. The van der Waals surface area contributed by atoms with Gasteiger partial charge in [-0.1, -0.05) is 56.2 Å². The Hall–Kier alpha value is -2.32. The van der Waals surface area contributed by atoms with Crippen LogP contribution in [-0.2, 0) is 16.0 Å². The van der Waals surface area contributed by atoms with E-state index in [1.807, 2.05) is 29.2 Å². The summed E-state index contributed by atoms with van der Waals surface area (Å²) in [5, 5.41) is 12.9. The maximum atomic E-state index is 13.7. The van der Waals surface area contributed by atoms with Gasteiger partial charge in [0.25, 0.3) is 5.91 Å². The highest BCUT2D eigenvalue weighted by atomic mass is 32.1. The Balaban J connectivity index is 1.70. The van der Waals surface area contributed by atoms with Crippen LogP contribution < -0.4 is 5.32 Å². The Kier molecular flexibility index (Phi) is 6.39. The number of amides is 2. The smallest absolute Gasteiger partial charge is 0.254 e. The van der Waals surface area contributed by atoms with E-state index in [-0.39, 0.29) is 11.8 Å². The third kappa shape index (κ3) is 4.11. The summed E-state index contributed by atoms with van der Waals surface area (Å²) in [6.07, 6.45) is 4.45. The molecule has 1 aliphatic carbocycles. The van der Waals surface area contributed by atoms with Crippen LogP contribution in [0, 0.1) is 5.92 Å². The van der Waals surface area contributed by atoms with E-state index in [4.69, 9.17) is 4.74 Å². The first-order chi connectivity index (χ1) is 15.0. The van der Waals surface area contributed by atoms with Gasteiger partial charge < -0.3 is 9.64 Å². The number of fused-ring (bicyclic) bond motifs is 1. The lowest BCUT2D eigenvalue weighted by atomic mass is 9.71. The van der Waals surface area contributed by atoms with Crippen molar-refractivity contribution in [2.24, 2.45) is 5.92 Å². The monoisotopic (exact) mass is 442 g/mol. The minimum atomic E-state index is -0.528. The number of nitrogens with one attached hydrogen (secondary N) is 1. The molecule has 1 N–H and O–H groups in total. The first kappa shape index (κ1) is 21.9. The molecule has 166 valence electrons. The number of rotatable bonds is 7. The summed E-state index contributed by atoms with van der Waals surface area (Å²) in [6.45, 7) is 5.19. The standard InChI is InChI=1S/C23H30N4O3S/c1-15(2)14-18-25-26-22(31-18)24-20(28)19-16-8-4-5-9-17(16)21(29)27(12-13-30-3)23(19)10-6-7-11-23/h4-5,8-9,15,19H,6-7,10-14H2,1-3H3,(H,24,26,28). The molecule has 1 saturated carbocycles. The molecular weight excluding hydrogens is 412 g/mol. The molecule has 1 aromatic heterocycles. The second-order valence-corrected chi connectivity index (χ2v) is 9.93. The van der Waals surface area contributed by atoms with Gasteiger partial charge in [-0.05, 0) is 30.4 Å². The highest BCUT2D eigenvalue weighted by Crippen LogP contribution is 2.50. The minimum Gasteiger partial charge on any atom is -0.383 e. The number of carbonyl (C=O) groups excluding carboxylic acids is 2. The average molecular weight is 443 g/mol. The molecule has 1 aromatic carbocycles. The fourth-order valence-electron chi connectivity index (χ4n) is 5.09. The Bertz CT molecular complexity index is 952. The third-order valence-corrected chi connectivity index (χ3v) is 7.21. The zero-order chi connectivity index (χ0) is 22.0. The topological polar surface area (TPSA) is 84.4 Å². The van der Waals surface area contributed by atoms with Crippen molar-refractivity contribution in [3.63, 3.8) is 0 Å². The quantitative estimate of drug-likeness (QED) is 0.704. The molecule has 1 aliphatic heterocycles. The van der Waals surface area contributed by atoms with E-state index in [2.05, 4.69) is 29.4 Å². The van der Waals surface area contributed by atoms with Gasteiger partial charge >= 0.3 is 0 Å². The second-order valence-electron chi connectivity index (χ2n) is 8.87. The van der Waals surface area contributed by atoms with Crippen molar-refractivity contribution in [3.05, 3.63) is 40.4 Å². The maximum absolute atomic E-state index is 13.7. The van der Waals surface area contributed by atoms with Crippen LogP contribution in [0.3, 0.4) is 0 Å². The number of hydrogen-bond donors (Lipinski definition) is 1. The van der Waals surface area contributed by atoms with Gasteiger partial charge in [-0.15, -0.1) is 10.2 Å². The second kappa shape index (κ2) is 9.04. The Labute approximate surface area is 187 Å². The summed E-state index contributed by atoms with van der Waals surface area (Å²) in [7, 11) is 1.64. The molecular formula is C23H30N4O3S. The fraction of sp³-hybridized carbons (Fsp3) is 0.565. The van der Waals surface area contributed by atoms with Gasteiger partial charge in [-0.3, -0.25) is 14.9 Å². The molecule has 4 rings (SSSR count). The maximum Gasteiger partial charge on any atom is 0.254 e. The summed E-state index contributed by atoms with van der Waals surface area (Å²) < 4.78 is 5.30. The lowest BCUT2D eigenvalue weighted by Gasteiger charge is -2.50.